The lowest BCUT2D eigenvalue weighted by Crippen LogP contribution is -2.28. The van der Waals surface area contributed by atoms with Gasteiger partial charge in [0, 0.05) is 6.54 Å². The normalized spacial score (nSPS) is 20.6. The molecule has 0 aliphatic carbocycles. The standard InChI is InChI=1S/C6H9NO/c1-5-2-6(8)4-7-3-5/h2,7H,3-4H2,1H3. The van der Waals surface area contributed by atoms with E-state index in [9.17, 15) is 4.79 Å². The fourth-order valence-electron chi connectivity index (χ4n) is 0.760. The summed E-state index contributed by atoms with van der Waals surface area (Å²) in [6.45, 7) is 3.33. The molecular weight excluding hydrogens is 102 g/mol. The van der Waals surface area contributed by atoms with Crippen molar-refractivity contribution in [3.05, 3.63) is 11.6 Å². The molecule has 0 bridgehead atoms. The zero-order valence-corrected chi connectivity index (χ0v) is 4.90. The van der Waals surface area contributed by atoms with E-state index in [0.717, 1.165) is 12.1 Å². The quantitative estimate of drug-likeness (QED) is 0.480. The largest absolute Gasteiger partial charge is 0.306 e. The summed E-state index contributed by atoms with van der Waals surface area (Å²) in [6, 6.07) is 0. The second kappa shape index (κ2) is 2.09. The third-order valence-corrected chi connectivity index (χ3v) is 1.11. The van der Waals surface area contributed by atoms with E-state index in [1.165, 1.54) is 0 Å². The Morgan fingerprint density at radius 3 is 2.75 bits per heavy atom. The van der Waals surface area contributed by atoms with Gasteiger partial charge in [-0.05, 0) is 13.0 Å². The van der Waals surface area contributed by atoms with E-state index in [2.05, 4.69) is 5.32 Å². The SMILES string of the molecule is CC1=CC(=O)CNC1. The van der Waals surface area contributed by atoms with Crippen LogP contribution in [0.1, 0.15) is 6.92 Å². The summed E-state index contributed by atoms with van der Waals surface area (Å²) < 4.78 is 0. The van der Waals surface area contributed by atoms with E-state index in [0.29, 0.717) is 6.54 Å². The Balaban J connectivity index is 2.64. The summed E-state index contributed by atoms with van der Waals surface area (Å²) in [5.74, 6) is 0.189. The van der Waals surface area contributed by atoms with Crippen LogP contribution in [0.5, 0.6) is 0 Å². The molecule has 1 rings (SSSR count). The Bertz CT molecular complexity index is 137. The highest BCUT2D eigenvalue weighted by atomic mass is 16.1. The molecule has 44 valence electrons. The Kier molecular flexibility index (Phi) is 1.44. The predicted octanol–water partition coefficient (Wildman–Crippen LogP) is 0.105. The molecule has 1 N–H and O–H groups in total. The van der Waals surface area contributed by atoms with Crippen LogP contribution in [0, 0.1) is 0 Å². The van der Waals surface area contributed by atoms with Crippen molar-refractivity contribution in [2.75, 3.05) is 13.1 Å². The third-order valence-electron chi connectivity index (χ3n) is 1.11. The first-order valence-electron chi connectivity index (χ1n) is 2.70. The Morgan fingerprint density at radius 1 is 1.62 bits per heavy atom. The average Bonchev–Trinajstić information content (AvgIpc) is 1.64. The molecule has 0 radical (unpaired) electrons. The number of nitrogens with one attached hydrogen (secondary N) is 1. The highest BCUT2D eigenvalue weighted by Crippen LogP contribution is 1.94. The van der Waals surface area contributed by atoms with Crippen molar-refractivity contribution < 1.29 is 4.79 Å². The molecular formula is C6H9NO. The summed E-state index contributed by atoms with van der Waals surface area (Å²) in [6.07, 6.45) is 1.69. The fraction of sp³-hybridized carbons (Fsp3) is 0.500. The first kappa shape index (κ1) is 5.51. The number of hydrogen-bond acceptors (Lipinski definition) is 2. The molecule has 0 amide bonds. The van der Waals surface area contributed by atoms with E-state index in [4.69, 9.17) is 0 Å². The van der Waals surface area contributed by atoms with Crippen molar-refractivity contribution in [1.82, 2.24) is 5.32 Å². The van der Waals surface area contributed by atoms with Gasteiger partial charge >= 0.3 is 0 Å². The molecule has 0 aromatic heterocycles. The van der Waals surface area contributed by atoms with Gasteiger partial charge in [0.05, 0.1) is 6.54 Å². The summed E-state index contributed by atoms with van der Waals surface area (Å²) >= 11 is 0. The van der Waals surface area contributed by atoms with E-state index < -0.39 is 0 Å². The molecule has 1 aliphatic heterocycles. The van der Waals surface area contributed by atoms with E-state index in [1.54, 1.807) is 6.08 Å². The van der Waals surface area contributed by atoms with Crippen LogP contribution < -0.4 is 5.32 Å². The number of carbonyl (C=O) groups excluding carboxylic acids is 1. The van der Waals surface area contributed by atoms with Gasteiger partial charge in [0.2, 0.25) is 0 Å². The van der Waals surface area contributed by atoms with Crippen molar-refractivity contribution in [3.63, 3.8) is 0 Å². The molecule has 0 saturated heterocycles. The van der Waals surface area contributed by atoms with Crippen molar-refractivity contribution >= 4 is 5.78 Å². The van der Waals surface area contributed by atoms with Crippen molar-refractivity contribution in [2.45, 2.75) is 6.92 Å². The molecule has 1 aliphatic rings. The molecule has 0 saturated carbocycles. The molecule has 0 atom stereocenters. The smallest absolute Gasteiger partial charge is 0.169 e. The van der Waals surface area contributed by atoms with Crippen LogP contribution in [0.25, 0.3) is 0 Å². The lowest BCUT2D eigenvalue weighted by molar-refractivity contribution is -0.114. The first-order valence-corrected chi connectivity index (χ1v) is 2.70. The van der Waals surface area contributed by atoms with Gasteiger partial charge in [-0.15, -0.1) is 0 Å². The second-order valence-electron chi connectivity index (χ2n) is 2.06. The minimum Gasteiger partial charge on any atom is -0.306 e. The third kappa shape index (κ3) is 1.17. The molecule has 0 fully saturated rings. The van der Waals surface area contributed by atoms with Gasteiger partial charge in [0.1, 0.15) is 0 Å². The van der Waals surface area contributed by atoms with Gasteiger partial charge in [-0.3, -0.25) is 4.79 Å². The van der Waals surface area contributed by atoms with Crippen LogP contribution in [0.4, 0.5) is 0 Å². The van der Waals surface area contributed by atoms with Crippen LogP contribution in [-0.2, 0) is 4.79 Å². The van der Waals surface area contributed by atoms with Gasteiger partial charge in [-0.25, -0.2) is 0 Å². The van der Waals surface area contributed by atoms with Crippen LogP contribution >= 0.6 is 0 Å². The van der Waals surface area contributed by atoms with E-state index in [-0.39, 0.29) is 5.78 Å². The van der Waals surface area contributed by atoms with Crippen LogP contribution in [0.3, 0.4) is 0 Å². The lowest BCUT2D eigenvalue weighted by Gasteiger charge is -2.07. The number of ketones is 1. The molecule has 2 heteroatoms. The molecule has 0 aromatic carbocycles. The highest BCUT2D eigenvalue weighted by molar-refractivity contribution is 5.92. The van der Waals surface area contributed by atoms with E-state index >= 15 is 0 Å². The zero-order chi connectivity index (χ0) is 5.98. The monoisotopic (exact) mass is 111 g/mol. The Morgan fingerprint density at radius 2 is 2.38 bits per heavy atom. The van der Waals surface area contributed by atoms with Crippen molar-refractivity contribution in [2.24, 2.45) is 0 Å². The van der Waals surface area contributed by atoms with Gasteiger partial charge in [0.25, 0.3) is 0 Å². The number of hydrogen-bond donors (Lipinski definition) is 1. The summed E-state index contributed by atoms with van der Waals surface area (Å²) in [5, 5.41) is 2.97. The molecule has 2 nitrogen and oxygen atoms in total. The minimum absolute atomic E-state index is 0.189. The van der Waals surface area contributed by atoms with E-state index in [1.807, 2.05) is 6.92 Å². The van der Waals surface area contributed by atoms with Crippen LogP contribution in [0.2, 0.25) is 0 Å². The molecule has 0 spiro atoms. The first-order chi connectivity index (χ1) is 3.79. The average molecular weight is 111 g/mol. The highest BCUT2D eigenvalue weighted by Gasteiger charge is 2.03. The second-order valence-corrected chi connectivity index (χ2v) is 2.06. The molecule has 8 heavy (non-hydrogen) atoms. The van der Waals surface area contributed by atoms with Crippen LogP contribution in [0.15, 0.2) is 11.6 Å². The van der Waals surface area contributed by atoms with Crippen molar-refractivity contribution in [3.8, 4) is 0 Å². The Labute approximate surface area is 48.6 Å². The predicted molar refractivity (Wildman–Crippen MR) is 31.6 cm³/mol. The van der Waals surface area contributed by atoms with Gasteiger partial charge in [0.15, 0.2) is 5.78 Å². The topological polar surface area (TPSA) is 29.1 Å². The lowest BCUT2D eigenvalue weighted by atomic mass is 10.2. The minimum atomic E-state index is 0.189. The fourth-order valence-corrected chi connectivity index (χ4v) is 0.760. The van der Waals surface area contributed by atoms with Gasteiger partial charge in [-0.2, -0.15) is 0 Å². The maximum atomic E-state index is 10.5. The molecule has 0 unspecified atom stereocenters. The maximum absolute atomic E-state index is 10.5. The summed E-state index contributed by atoms with van der Waals surface area (Å²) in [5.41, 5.74) is 1.13. The zero-order valence-electron chi connectivity index (χ0n) is 4.90. The molecule has 1 heterocycles. The summed E-state index contributed by atoms with van der Waals surface area (Å²) in [4.78, 5) is 10.5. The van der Waals surface area contributed by atoms with Crippen molar-refractivity contribution in [1.29, 1.82) is 0 Å². The Hall–Kier alpha value is -0.630. The number of rotatable bonds is 0. The van der Waals surface area contributed by atoms with Gasteiger partial charge in [-0.1, -0.05) is 5.57 Å². The van der Waals surface area contributed by atoms with Gasteiger partial charge < -0.3 is 5.32 Å². The summed E-state index contributed by atoms with van der Waals surface area (Å²) in [7, 11) is 0. The maximum Gasteiger partial charge on any atom is 0.169 e. The number of carbonyl (C=O) groups is 1. The molecule has 0 aromatic rings. The van der Waals surface area contributed by atoms with Crippen LogP contribution in [-0.4, -0.2) is 18.9 Å².